The number of nitrogens with zero attached hydrogens (tertiary/aromatic N) is 2. The van der Waals surface area contributed by atoms with Crippen LogP contribution in [0.2, 0.25) is 0 Å². The van der Waals surface area contributed by atoms with Crippen molar-refractivity contribution in [3.05, 3.63) is 28.7 Å². The van der Waals surface area contributed by atoms with Crippen LogP contribution in [0.1, 0.15) is 20.3 Å². The summed E-state index contributed by atoms with van der Waals surface area (Å²) in [6.45, 7) is 3.45. The summed E-state index contributed by atoms with van der Waals surface area (Å²) < 4.78 is 0.785. The van der Waals surface area contributed by atoms with E-state index in [1.54, 1.807) is 18.7 Å². The van der Waals surface area contributed by atoms with Crippen LogP contribution in [0.25, 0.3) is 0 Å². The van der Waals surface area contributed by atoms with E-state index < -0.39 is 11.9 Å². The van der Waals surface area contributed by atoms with Gasteiger partial charge in [0.05, 0.1) is 11.6 Å². The third-order valence-electron chi connectivity index (χ3n) is 3.83. The monoisotopic (exact) mass is 382 g/mol. The van der Waals surface area contributed by atoms with E-state index in [9.17, 15) is 14.4 Å². The Kier molecular flexibility index (Phi) is 5.41. The lowest BCUT2D eigenvalue weighted by atomic mass is 10.1. The summed E-state index contributed by atoms with van der Waals surface area (Å²) in [5.41, 5.74) is 0.724. The van der Waals surface area contributed by atoms with Crippen LogP contribution in [-0.4, -0.2) is 46.9 Å². The highest BCUT2D eigenvalue weighted by molar-refractivity contribution is 9.10. The first-order chi connectivity index (χ1) is 10.8. The van der Waals surface area contributed by atoms with Gasteiger partial charge in [0, 0.05) is 23.5 Å². The quantitative estimate of drug-likeness (QED) is 0.845. The first-order valence-corrected chi connectivity index (χ1v) is 8.17. The number of amides is 2. The van der Waals surface area contributed by atoms with Gasteiger partial charge in [-0.3, -0.25) is 14.4 Å². The number of para-hydroxylation sites is 1. The van der Waals surface area contributed by atoms with Gasteiger partial charge < -0.3 is 14.9 Å². The van der Waals surface area contributed by atoms with Gasteiger partial charge in [0.25, 0.3) is 0 Å². The van der Waals surface area contributed by atoms with Gasteiger partial charge in [-0.1, -0.05) is 12.1 Å². The van der Waals surface area contributed by atoms with Crippen LogP contribution in [0.3, 0.4) is 0 Å². The topological polar surface area (TPSA) is 77.9 Å². The van der Waals surface area contributed by atoms with Crippen LogP contribution in [0.5, 0.6) is 0 Å². The summed E-state index contributed by atoms with van der Waals surface area (Å²) in [7, 11) is 0. The maximum atomic E-state index is 12.6. The fourth-order valence-corrected chi connectivity index (χ4v) is 3.17. The Balaban J connectivity index is 2.17. The molecule has 1 fully saturated rings. The van der Waals surface area contributed by atoms with Crippen LogP contribution in [0.4, 0.5) is 5.69 Å². The molecular weight excluding hydrogens is 364 g/mol. The van der Waals surface area contributed by atoms with Crippen molar-refractivity contribution in [2.45, 2.75) is 26.3 Å². The standard InChI is InChI=1S/C16H19BrN2O4/c1-10(2)18(9-15(21)22)16(23)11-7-14(20)19(8-11)13-6-4-3-5-12(13)17/h3-6,10-11H,7-9H2,1-2H3,(H,21,22). The van der Waals surface area contributed by atoms with Crippen LogP contribution < -0.4 is 4.90 Å². The number of halogens is 1. The number of carbonyl (C=O) groups excluding carboxylic acids is 2. The van der Waals surface area contributed by atoms with E-state index in [0.717, 1.165) is 10.2 Å². The molecule has 1 aromatic carbocycles. The molecule has 1 unspecified atom stereocenters. The SMILES string of the molecule is CC(C)N(CC(=O)O)C(=O)C1CC(=O)N(c2ccccc2Br)C1. The molecule has 1 N–H and O–H groups in total. The lowest BCUT2D eigenvalue weighted by Crippen LogP contribution is -2.44. The number of hydrogen-bond acceptors (Lipinski definition) is 3. The Morgan fingerprint density at radius 1 is 1.39 bits per heavy atom. The van der Waals surface area contributed by atoms with Crippen molar-refractivity contribution in [1.82, 2.24) is 4.90 Å². The van der Waals surface area contributed by atoms with Gasteiger partial charge in [-0.25, -0.2) is 0 Å². The number of carbonyl (C=O) groups is 3. The van der Waals surface area contributed by atoms with E-state index in [1.807, 2.05) is 24.3 Å². The van der Waals surface area contributed by atoms with Gasteiger partial charge >= 0.3 is 5.97 Å². The molecular formula is C16H19BrN2O4. The number of aliphatic carboxylic acids is 1. The largest absolute Gasteiger partial charge is 0.480 e. The predicted molar refractivity (Wildman–Crippen MR) is 89.1 cm³/mol. The van der Waals surface area contributed by atoms with Gasteiger partial charge in [-0.05, 0) is 41.9 Å². The molecule has 1 heterocycles. The third kappa shape index (κ3) is 3.90. The summed E-state index contributed by atoms with van der Waals surface area (Å²) in [6, 6.07) is 7.10. The summed E-state index contributed by atoms with van der Waals surface area (Å²) in [5, 5.41) is 8.97. The lowest BCUT2D eigenvalue weighted by Gasteiger charge is -2.27. The molecule has 124 valence electrons. The van der Waals surface area contributed by atoms with Crippen molar-refractivity contribution >= 4 is 39.4 Å². The van der Waals surface area contributed by atoms with Crippen molar-refractivity contribution in [3.8, 4) is 0 Å². The molecule has 1 saturated heterocycles. The van der Waals surface area contributed by atoms with Gasteiger partial charge in [0.15, 0.2) is 0 Å². The van der Waals surface area contributed by atoms with Crippen molar-refractivity contribution < 1.29 is 19.5 Å². The average molecular weight is 383 g/mol. The fraction of sp³-hybridized carbons (Fsp3) is 0.438. The molecule has 7 heteroatoms. The Bertz CT molecular complexity index is 632. The Labute approximate surface area is 143 Å². The minimum Gasteiger partial charge on any atom is -0.480 e. The minimum atomic E-state index is -1.06. The zero-order valence-corrected chi connectivity index (χ0v) is 14.6. The van der Waals surface area contributed by atoms with Crippen molar-refractivity contribution in [3.63, 3.8) is 0 Å². The number of anilines is 1. The molecule has 1 aliphatic heterocycles. The molecule has 1 atom stereocenters. The van der Waals surface area contributed by atoms with E-state index in [-0.39, 0.29) is 37.4 Å². The fourth-order valence-electron chi connectivity index (χ4n) is 2.67. The lowest BCUT2D eigenvalue weighted by molar-refractivity contribution is -0.147. The normalized spacial score (nSPS) is 17.7. The number of carboxylic acids is 1. The third-order valence-corrected chi connectivity index (χ3v) is 4.50. The molecule has 0 spiro atoms. The highest BCUT2D eigenvalue weighted by Gasteiger charge is 2.38. The van der Waals surface area contributed by atoms with Crippen molar-refractivity contribution in [1.29, 1.82) is 0 Å². The van der Waals surface area contributed by atoms with E-state index in [0.29, 0.717) is 0 Å². The van der Waals surface area contributed by atoms with Gasteiger partial charge in [-0.2, -0.15) is 0 Å². The second-order valence-corrected chi connectivity index (χ2v) is 6.66. The highest BCUT2D eigenvalue weighted by Crippen LogP contribution is 2.32. The van der Waals surface area contributed by atoms with Crippen LogP contribution >= 0.6 is 15.9 Å². The minimum absolute atomic E-state index is 0.100. The van der Waals surface area contributed by atoms with E-state index >= 15 is 0 Å². The Morgan fingerprint density at radius 3 is 2.61 bits per heavy atom. The second-order valence-electron chi connectivity index (χ2n) is 5.81. The maximum absolute atomic E-state index is 12.6. The number of hydrogen-bond donors (Lipinski definition) is 1. The Morgan fingerprint density at radius 2 is 2.04 bits per heavy atom. The first kappa shape index (κ1) is 17.5. The molecule has 0 bridgehead atoms. The smallest absolute Gasteiger partial charge is 0.323 e. The van der Waals surface area contributed by atoms with Crippen LogP contribution in [0, 0.1) is 5.92 Å². The molecule has 23 heavy (non-hydrogen) atoms. The molecule has 0 aromatic heterocycles. The molecule has 1 aromatic rings. The predicted octanol–water partition coefficient (Wildman–Crippen LogP) is 2.12. The highest BCUT2D eigenvalue weighted by atomic mass is 79.9. The molecule has 2 amide bonds. The first-order valence-electron chi connectivity index (χ1n) is 7.38. The van der Waals surface area contributed by atoms with E-state index in [4.69, 9.17) is 5.11 Å². The summed E-state index contributed by atoms with van der Waals surface area (Å²) in [6.07, 6.45) is 0.100. The van der Waals surface area contributed by atoms with Crippen molar-refractivity contribution in [2.24, 2.45) is 5.92 Å². The van der Waals surface area contributed by atoms with Gasteiger partial charge in [0.1, 0.15) is 6.54 Å². The summed E-state index contributed by atoms with van der Waals surface area (Å²) >= 11 is 3.41. The van der Waals surface area contributed by atoms with Crippen LogP contribution in [0.15, 0.2) is 28.7 Å². The number of rotatable bonds is 5. The Hall–Kier alpha value is -1.89. The summed E-state index contributed by atoms with van der Waals surface area (Å²) in [5.74, 6) is -1.99. The van der Waals surface area contributed by atoms with E-state index in [1.165, 1.54) is 4.90 Å². The molecule has 0 radical (unpaired) electrons. The molecule has 1 aliphatic rings. The van der Waals surface area contributed by atoms with E-state index in [2.05, 4.69) is 15.9 Å². The maximum Gasteiger partial charge on any atom is 0.323 e. The molecule has 2 rings (SSSR count). The zero-order chi connectivity index (χ0) is 17.1. The number of benzene rings is 1. The second kappa shape index (κ2) is 7.12. The summed E-state index contributed by atoms with van der Waals surface area (Å²) in [4.78, 5) is 38.7. The van der Waals surface area contributed by atoms with Gasteiger partial charge in [0.2, 0.25) is 11.8 Å². The molecule has 0 saturated carbocycles. The van der Waals surface area contributed by atoms with Gasteiger partial charge in [-0.15, -0.1) is 0 Å². The molecule has 6 nitrogen and oxygen atoms in total. The molecule has 0 aliphatic carbocycles. The zero-order valence-electron chi connectivity index (χ0n) is 13.0. The van der Waals surface area contributed by atoms with Crippen LogP contribution in [-0.2, 0) is 14.4 Å². The average Bonchev–Trinajstić information content (AvgIpc) is 2.86. The number of carboxylic acid groups (broad SMARTS) is 1. The van der Waals surface area contributed by atoms with Crippen molar-refractivity contribution in [2.75, 3.05) is 18.0 Å².